The first kappa shape index (κ1) is 16.7. The number of rotatable bonds is 4. The number of methoxy groups -OCH3 is 1. The van der Waals surface area contributed by atoms with Gasteiger partial charge in [0.05, 0.1) is 12.8 Å². The first-order valence-electron chi connectivity index (χ1n) is 8.22. The fourth-order valence-corrected chi connectivity index (χ4v) is 2.75. The van der Waals surface area contributed by atoms with Crippen LogP contribution in [0.4, 0.5) is 10.3 Å². The summed E-state index contributed by atoms with van der Waals surface area (Å²) >= 11 is 0. The van der Waals surface area contributed by atoms with Crippen molar-refractivity contribution in [1.82, 2.24) is 14.6 Å². The summed E-state index contributed by atoms with van der Waals surface area (Å²) in [7, 11) is 1.54. The van der Waals surface area contributed by atoms with Gasteiger partial charge >= 0.3 is 0 Å². The quantitative estimate of drug-likeness (QED) is 0.600. The first-order valence-corrected chi connectivity index (χ1v) is 8.22. The van der Waals surface area contributed by atoms with Crippen molar-refractivity contribution in [2.24, 2.45) is 0 Å². The van der Waals surface area contributed by atoms with Gasteiger partial charge in [0.1, 0.15) is 5.82 Å². The van der Waals surface area contributed by atoms with Crippen LogP contribution < -0.4 is 10.1 Å². The molecule has 4 rings (SSSR count). The number of fused-ring (bicyclic) bond motifs is 1. The van der Waals surface area contributed by atoms with Crippen molar-refractivity contribution in [2.45, 2.75) is 0 Å². The summed E-state index contributed by atoms with van der Waals surface area (Å²) in [5, 5.41) is 7.04. The minimum atomic E-state index is -0.425. The smallest absolute Gasteiger partial charge is 0.258 e. The third kappa shape index (κ3) is 3.22. The topological polar surface area (TPSA) is 68.5 Å². The molecule has 4 aromatic rings. The normalized spacial score (nSPS) is 10.7. The third-order valence-corrected chi connectivity index (χ3v) is 4.07. The van der Waals surface area contributed by atoms with Gasteiger partial charge < -0.3 is 4.74 Å². The van der Waals surface area contributed by atoms with E-state index in [1.807, 2.05) is 36.4 Å². The van der Waals surface area contributed by atoms with E-state index in [4.69, 9.17) is 4.74 Å². The zero-order valence-electron chi connectivity index (χ0n) is 14.4. The highest BCUT2D eigenvalue weighted by molar-refractivity contribution is 6.03. The van der Waals surface area contributed by atoms with Crippen molar-refractivity contribution in [3.05, 3.63) is 78.1 Å². The van der Waals surface area contributed by atoms with Crippen LogP contribution in [0.1, 0.15) is 10.4 Å². The Morgan fingerprint density at radius 2 is 1.78 bits per heavy atom. The fraction of sp³-hybridized carbons (Fsp3) is 0.0500. The number of benzene rings is 2. The average Bonchev–Trinajstić information content (AvgIpc) is 3.11. The monoisotopic (exact) mass is 362 g/mol. The number of halogens is 1. The lowest BCUT2D eigenvalue weighted by molar-refractivity contribution is 0.102. The largest absolute Gasteiger partial charge is 0.493 e. The van der Waals surface area contributed by atoms with E-state index >= 15 is 0 Å². The molecule has 0 aliphatic heterocycles. The third-order valence-electron chi connectivity index (χ3n) is 4.07. The summed E-state index contributed by atoms with van der Waals surface area (Å²) in [5.74, 6) is -0.170. The highest BCUT2D eigenvalue weighted by atomic mass is 19.1. The average molecular weight is 362 g/mol. The molecule has 0 spiro atoms. The Hall–Kier alpha value is -3.74. The second-order valence-corrected chi connectivity index (χ2v) is 5.78. The second kappa shape index (κ2) is 6.87. The van der Waals surface area contributed by atoms with Gasteiger partial charge in [0.15, 0.2) is 11.4 Å². The molecule has 1 N–H and O–H groups in total. The van der Waals surface area contributed by atoms with E-state index in [0.717, 1.165) is 11.3 Å². The number of pyridine rings is 1. The molecule has 6 nitrogen and oxygen atoms in total. The lowest BCUT2D eigenvalue weighted by atomic mass is 10.1. The Labute approximate surface area is 154 Å². The van der Waals surface area contributed by atoms with E-state index in [1.54, 1.807) is 17.7 Å². The molecule has 0 atom stereocenters. The molecule has 1 amide bonds. The van der Waals surface area contributed by atoms with E-state index in [0.29, 0.717) is 17.0 Å². The molecule has 0 fully saturated rings. The molecule has 0 saturated carbocycles. The highest BCUT2D eigenvalue weighted by Crippen LogP contribution is 2.27. The van der Waals surface area contributed by atoms with Gasteiger partial charge in [-0.15, -0.1) is 5.10 Å². The van der Waals surface area contributed by atoms with Gasteiger partial charge in [-0.2, -0.15) is 4.98 Å². The second-order valence-electron chi connectivity index (χ2n) is 5.78. The summed E-state index contributed by atoms with van der Waals surface area (Å²) in [4.78, 5) is 16.7. The van der Waals surface area contributed by atoms with Crippen LogP contribution >= 0.6 is 0 Å². The molecular weight excluding hydrogens is 347 g/mol. The maximum Gasteiger partial charge on any atom is 0.258 e. The van der Waals surface area contributed by atoms with Crippen LogP contribution in [0.5, 0.6) is 5.75 Å². The van der Waals surface area contributed by atoms with Crippen LogP contribution in [0, 0.1) is 5.82 Å². The number of carbonyl (C=O) groups excluding carboxylic acids is 1. The van der Waals surface area contributed by atoms with Gasteiger partial charge in [0.2, 0.25) is 5.95 Å². The van der Waals surface area contributed by atoms with E-state index in [-0.39, 0.29) is 5.95 Å². The Morgan fingerprint density at radius 3 is 2.48 bits per heavy atom. The predicted octanol–water partition coefficient (Wildman–Crippen LogP) is 3.80. The van der Waals surface area contributed by atoms with Gasteiger partial charge in [0.25, 0.3) is 5.91 Å². The minimum absolute atomic E-state index is 0.131. The Bertz CT molecular complexity index is 1110. The zero-order valence-corrected chi connectivity index (χ0v) is 14.4. The van der Waals surface area contributed by atoms with Gasteiger partial charge in [-0.25, -0.2) is 8.91 Å². The number of hydrogen-bond acceptors (Lipinski definition) is 4. The van der Waals surface area contributed by atoms with Crippen molar-refractivity contribution in [3.63, 3.8) is 0 Å². The number of amides is 1. The number of nitrogens with one attached hydrogen (secondary N) is 1. The zero-order chi connectivity index (χ0) is 18.8. The predicted molar refractivity (Wildman–Crippen MR) is 99.3 cm³/mol. The summed E-state index contributed by atoms with van der Waals surface area (Å²) in [5.41, 5.74) is 2.55. The van der Waals surface area contributed by atoms with E-state index in [1.165, 1.54) is 24.3 Å². The molecule has 27 heavy (non-hydrogen) atoms. The summed E-state index contributed by atoms with van der Waals surface area (Å²) < 4.78 is 20.0. The van der Waals surface area contributed by atoms with Gasteiger partial charge in [-0.1, -0.05) is 30.3 Å². The number of hydrogen-bond donors (Lipinski definition) is 1. The van der Waals surface area contributed by atoms with Crippen LogP contribution in [0.2, 0.25) is 0 Å². The molecule has 134 valence electrons. The lowest BCUT2D eigenvalue weighted by Crippen LogP contribution is -2.13. The number of aromatic nitrogens is 3. The van der Waals surface area contributed by atoms with Crippen molar-refractivity contribution in [2.75, 3.05) is 12.4 Å². The minimum Gasteiger partial charge on any atom is -0.493 e. The SMILES string of the molecule is COc1ccc(-c2ccccc2)n2nc(NC(=O)c3ccc(F)cc3)nc12. The van der Waals surface area contributed by atoms with Gasteiger partial charge in [0, 0.05) is 11.1 Å². The van der Waals surface area contributed by atoms with E-state index in [9.17, 15) is 9.18 Å². The summed E-state index contributed by atoms with van der Waals surface area (Å²) in [6.45, 7) is 0. The molecule has 2 aromatic heterocycles. The van der Waals surface area contributed by atoms with Crippen molar-refractivity contribution < 1.29 is 13.9 Å². The lowest BCUT2D eigenvalue weighted by Gasteiger charge is -2.06. The van der Waals surface area contributed by atoms with Gasteiger partial charge in [-0.05, 0) is 36.4 Å². The molecule has 0 radical (unpaired) electrons. The molecule has 2 aromatic carbocycles. The molecular formula is C20H15FN4O2. The molecule has 0 unspecified atom stereocenters. The van der Waals surface area contributed by atoms with Crippen LogP contribution in [-0.2, 0) is 0 Å². The number of ether oxygens (including phenoxy) is 1. The van der Waals surface area contributed by atoms with Gasteiger partial charge in [-0.3, -0.25) is 10.1 Å². The molecule has 0 aliphatic rings. The van der Waals surface area contributed by atoms with E-state index in [2.05, 4.69) is 15.4 Å². The molecule has 0 bridgehead atoms. The Morgan fingerprint density at radius 1 is 1.04 bits per heavy atom. The number of nitrogens with zero attached hydrogens (tertiary/aromatic N) is 3. The Balaban J connectivity index is 1.74. The van der Waals surface area contributed by atoms with E-state index < -0.39 is 11.7 Å². The van der Waals surface area contributed by atoms with Crippen LogP contribution in [0.15, 0.2) is 66.7 Å². The molecule has 2 heterocycles. The van der Waals surface area contributed by atoms with Crippen LogP contribution in [0.3, 0.4) is 0 Å². The van der Waals surface area contributed by atoms with Crippen molar-refractivity contribution in [3.8, 4) is 17.0 Å². The fourth-order valence-electron chi connectivity index (χ4n) is 2.75. The highest BCUT2D eigenvalue weighted by Gasteiger charge is 2.15. The first-order chi connectivity index (χ1) is 13.2. The van der Waals surface area contributed by atoms with Crippen molar-refractivity contribution >= 4 is 17.5 Å². The summed E-state index contributed by atoms with van der Waals surface area (Å²) in [6, 6.07) is 18.6. The van der Waals surface area contributed by atoms with Crippen molar-refractivity contribution in [1.29, 1.82) is 0 Å². The number of carbonyl (C=O) groups is 1. The standard InChI is InChI=1S/C20H15FN4O2/c1-27-17-12-11-16(13-5-3-2-4-6-13)25-18(17)22-20(24-25)23-19(26)14-7-9-15(21)10-8-14/h2-12H,1H3,(H,23,24,26). The van der Waals surface area contributed by atoms with Crippen LogP contribution in [0.25, 0.3) is 16.9 Å². The molecule has 0 saturated heterocycles. The number of anilines is 1. The Kier molecular flexibility index (Phi) is 4.25. The molecule has 0 aliphatic carbocycles. The molecule has 7 heteroatoms. The maximum atomic E-state index is 13.0. The van der Waals surface area contributed by atoms with Crippen LogP contribution in [-0.4, -0.2) is 27.6 Å². The summed E-state index contributed by atoms with van der Waals surface area (Å²) in [6.07, 6.45) is 0. The maximum absolute atomic E-state index is 13.0.